The Hall–Kier alpha value is -2.59. The first-order valence-corrected chi connectivity index (χ1v) is 11.2. The average molecular weight is 561 g/mol. The number of nitriles is 1. The second-order valence-electron chi connectivity index (χ2n) is 6.68. The largest absolute Gasteiger partial charge is 0.487 e. The van der Waals surface area contributed by atoms with E-state index in [4.69, 9.17) is 16.3 Å². The maximum Gasteiger partial charge on any atom is 0.266 e. The molecule has 0 aliphatic heterocycles. The lowest BCUT2D eigenvalue weighted by Crippen LogP contribution is -2.13. The molecule has 7 heteroatoms. The Morgan fingerprint density at radius 3 is 2.42 bits per heavy atom. The number of hydrogen-bond acceptors (Lipinski definition) is 3. The van der Waals surface area contributed by atoms with Crippen LogP contribution in [0.3, 0.4) is 0 Å². The van der Waals surface area contributed by atoms with Crippen LogP contribution in [0.4, 0.5) is 5.69 Å². The Balaban J connectivity index is 1.77. The number of hydrogen-bond donors (Lipinski definition) is 1. The van der Waals surface area contributed by atoms with Gasteiger partial charge in [-0.15, -0.1) is 0 Å². The predicted octanol–water partition coefficient (Wildman–Crippen LogP) is 7.30. The first-order valence-electron chi connectivity index (χ1n) is 9.22. The summed E-state index contributed by atoms with van der Waals surface area (Å²) >= 11 is 13.1. The molecule has 0 aromatic heterocycles. The number of nitrogens with one attached hydrogen (secondary N) is 1. The molecule has 31 heavy (non-hydrogen) atoms. The van der Waals surface area contributed by atoms with Gasteiger partial charge in [0.25, 0.3) is 5.91 Å². The Labute approximate surface area is 202 Å². The topological polar surface area (TPSA) is 62.1 Å². The van der Waals surface area contributed by atoms with E-state index in [9.17, 15) is 10.1 Å². The molecule has 0 bridgehead atoms. The van der Waals surface area contributed by atoms with Gasteiger partial charge in [-0.05, 0) is 85.8 Å². The quantitative estimate of drug-likeness (QED) is 0.254. The molecule has 1 amide bonds. The number of nitrogens with zero attached hydrogens (tertiary/aromatic N) is 1. The summed E-state index contributed by atoms with van der Waals surface area (Å²) in [7, 11) is 0. The molecule has 0 fully saturated rings. The van der Waals surface area contributed by atoms with Gasteiger partial charge in [0, 0.05) is 10.7 Å². The van der Waals surface area contributed by atoms with Crippen molar-refractivity contribution < 1.29 is 9.53 Å². The Kier molecular flexibility index (Phi) is 7.91. The van der Waals surface area contributed by atoms with Crippen LogP contribution in [0.1, 0.15) is 16.7 Å². The van der Waals surface area contributed by atoms with E-state index in [2.05, 4.69) is 37.2 Å². The Morgan fingerprint density at radius 1 is 1.13 bits per heavy atom. The van der Waals surface area contributed by atoms with Crippen molar-refractivity contribution in [3.05, 3.63) is 96.9 Å². The van der Waals surface area contributed by atoms with E-state index in [0.717, 1.165) is 11.1 Å². The molecule has 0 aliphatic carbocycles. The van der Waals surface area contributed by atoms with Crippen LogP contribution < -0.4 is 10.1 Å². The number of rotatable bonds is 6. The Morgan fingerprint density at radius 2 is 1.81 bits per heavy atom. The van der Waals surface area contributed by atoms with Crippen LogP contribution in [0.2, 0.25) is 5.02 Å². The summed E-state index contributed by atoms with van der Waals surface area (Å²) in [5, 5.41) is 12.7. The van der Waals surface area contributed by atoms with Crippen LogP contribution in [-0.2, 0) is 11.4 Å². The normalized spacial score (nSPS) is 11.0. The molecule has 0 atom stereocenters. The number of carbonyl (C=O) groups is 1. The van der Waals surface area contributed by atoms with Crippen LogP contribution in [0.5, 0.6) is 5.75 Å². The third-order valence-electron chi connectivity index (χ3n) is 4.35. The molecule has 3 rings (SSSR count). The molecule has 4 nitrogen and oxygen atoms in total. The second-order valence-corrected chi connectivity index (χ2v) is 8.79. The first kappa shape index (κ1) is 23.1. The zero-order valence-electron chi connectivity index (χ0n) is 16.5. The van der Waals surface area contributed by atoms with Gasteiger partial charge in [-0.25, -0.2) is 0 Å². The van der Waals surface area contributed by atoms with E-state index >= 15 is 0 Å². The monoisotopic (exact) mass is 558 g/mol. The van der Waals surface area contributed by atoms with Gasteiger partial charge in [-0.1, -0.05) is 48.0 Å². The van der Waals surface area contributed by atoms with Crippen LogP contribution in [-0.4, -0.2) is 5.91 Å². The van der Waals surface area contributed by atoms with Crippen molar-refractivity contribution in [1.29, 1.82) is 5.26 Å². The molecule has 0 spiro atoms. The lowest BCUT2D eigenvalue weighted by Gasteiger charge is -2.12. The molecule has 0 saturated carbocycles. The Bertz CT molecular complexity index is 1160. The van der Waals surface area contributed by atoms with E-state index in [1.54, 1.807) is 30.3 Å². The van der Waals surface area contributed by atoms with E-state index in [1.807, 2.05) is 43.3 Å². The standard InChI is InChI=1S/C24H17Br2ClN2O2/c1-15-7-8-19(12-22(15)27)29-24(30)18(13-28)9-17-10-20(25)23(21(26)11-17)31-14-16-5-3-2-4-6-16/h2-12H,14H2,1H3,(H,29,30)/b18-9-. The summed E-state index contributed by atoms with van der Waals surface area (Å²) in [5.74, 6) is 0.123. The van der Waals surface area contributed by atoms with E-state index in [0.29, 0.717) is 37.6 Å². The highest BCUT2D eigenvalue weighted by Crippen LogP contribution is 2.36. The van der Waals surface area contributed by atoms with Crippen molar-refractivity contribution in [3.8, 4) is 11.8 Å². The molecule has 1 N–H and O–H groups in total. The van der Waals surface area contributed by atoms with Gasteiger partial charge in [0.2, 0.25) is 0 Å². The van der Waals surface area contributed by atoms with Crippen molar-refractivity contribution in [2.45, 2.75) is 13.5 Å². The minimum Gasteiger partial charge on any atom is -0.487 e. The van der Waals surface area contributed by atoms with Crippen LogP contribution in [0, 0.1) is 18.3 Å². The lowest BCUT2D eigenvalue weighted by atomic mass is 10.1. The number of amides is 1. The zero-order valence-corrected chi connectivity index (χ0v) is 20.4. The van der Waals surface area contributed by atoms with Crippen molar-refractivity contribution in [1.82, 2.24) is 0 Å². The van der Waals surface area contributed by atoms with Crippen molar-refractivity contribution in [2.75, 3.05) is 5.32 Å². The van der Waals surface area contributed by atoms with E-state index in [1.165, 1.54) is 6.08 Å². The predicted molar refractivity (Wildman–Crippen MR) is 131 cm³/mol. The second kappa shape index (κ2) is 10.6. The number of halogens is 3. The third-order valence-corrected chi connectivity index (χ3v) is 5.94. The van der Waals surface area contributed by atoms with Crippen LogP contribution in [0.25, 0.3) is 6.08 Å². The minimum atomic E-state index is -0.515. The van der Waals surface area contributed by atoms with Crippen LogP contribution >= 0.6 is 43.5 Å². The molecule has 0 saturated heterocycles. The smallest absolute Gasteiger partial charge is 0.266 e. The fraction of sp³-hybridized carbons (Fsp3) is 0.0833. The van der Waals surface area contributed by atoms with Gasteiger partial charge < -0.3 is 10.1 Å². The summed E-state index contributed by atoms with van der Waals surface area (Å²) in [6.45, 7) is 2.29. The fourth-order valence-corrected chi connectivity index (χ4v) is 4.35. The summed E-state index contributed by atoms with van der Waals surface area (Å²) in [6, 6.07) is 20.5. The molecule has 3 aromatic carbocycles. The van der Waals surface area contributed by atoms with Gasteiger partial charge in [0.05, 0.1) is 8.95 Å². The molecule has 0 heterocycles. The lowest BCUT2D eigenvalue weighted by molar-refractivity contribution is -0.112. The summed E-state index contributed by atoms with van der Waals surface area (Å²) in [4.78, 5) is 12.5. The highest BCUT2D eigenvalue weighted by molar-refractivity contribution is 9.11. The minimum absolute atomic E-state index is 0.0338. The van der Waals surface area contributed by atoms with E-state index < -0.39 is 5.91 Å². The highest BCUT2D eigenvalue weighted by Gasteiger charge is 2.13. The summed E-state index contributed by atoms with van der Waals surface area (Å²) < 4.78 is 7.32. The molecule has 0 unspecified atom stereocenters. The molecular formula is C24H17Br2ClN2O2. The van der Waals surface area contributed by atoms with Gasteiger partial charge in [-0.3, -0.25) is 4.79 Å². The number of ether oxygens (including phenoxy) is 1. The molecule has 3 aromatic rings. The van der Waals surface area contributed by atoms with Crippen molar-refractivity contribution in [2.24, 2.45) is 0 Å². The number of anilines is 1. The molecule has 0 radical (unpaired) electrons. The fourth-order valence-electron chi connectivity index (χ4n) is 2.71. The SMILES string of the molecule is Cc1ccc(NC(=O)/C(C#N)=C\c2cc(Br)c(OCc3ccccc3)c(Br)c2)cc1Cl. The zero-order chi connectivity index (χ0) is 22.4. The van der Waals surface area contributed by atoms with Gasteiger partial charge >= 0.3 is 0 Å². The number of carbonyl (C=O) groups excluding carboxylic acids is 1. The first-order chi connectivity index (χ1) is 14.9. The molecule has 0 aliphatic rings. The van der Waals surface area contributed by atoms with Crippen molar-refractivity contribution >= 4 is 61.1 Å². The van der Waals surface area contributed by atoms with E-state index in [-0.39, 0.29) is 5.57 Å². The number of aryl methyl sites for hydroxylation is 1. The number of benzene rings is 3. The molecule has 156 valence electrons. The summed E-state index contributed by atoms with van der Waals surface area (Å²) in [6.07, 6.45) is 1.52. The van der Waals surface area contributed by atoms with Crippen LogP contribution in [0.15, 0.2) is 75.2 Å². The maximum absolute atomic E-state index is 12.5. The van der Waals surface area contributed by atoms with Gasteiger partial charge in [-0.2, -0.15) is 5.26 Å². The van der Waals surface area contributed by atoms with Crippen molar-refractivity contribution in [3.63, 3.8) is 0 Å². The maximum atomic E-state index is 12.5. The summed E-state index contributed by atoms with van der Waals surface area (Å²) in [5.41, 5.74) is 3.10. The average Bonchev–Trinajstić information content (AvgIpc) is 2.74. The van der Waals surface area contributed by atoms with Gasteiger partial charge in [0.15, 0.2) is 0 Å². The third kappa shape index (κ3) is 6.20. The molecular weight excluding hydrogens is 544 g/mol. The highest BCUT2D eigenvalue weighted by atomic mass is 79.9. The van der Waals surface area contributed by atoms with Gasteiger partial charge in [0.1, 0.15) is 24.0 Å².